The van der Waals surface area contributed by atoms with Gasteiger partial charge in [0.05, 0.1) is 11.1 Å². The molecule has 0 aromatic heterocycles. The van der Waals surface area contributed by atoms with Gasteiger partial charge in [0.25, 0.3) is 17.7 Å². The molecular weight excluding hydrogens is 282 g/mol. The van der Waals surface area contributed by atoms with E-state index in [1.807, 2.05) is 0 Å². The van der Waals surface area contributed by atoms with Gasteiger partial charge in [-0.25, -0.2) is 14.4 Å². The number of benzene rings is 1. The Hall–Kier alpha value is -3.63. The molecule has 1 aromatic carbocycles. The summed E-state index contributed by atoms with van der Waals surface area (Å²) in [5.74, 6) is -3.32. The molecule has 0 aliphatic rings. The summed E-state index contributed by atoms with van der Waals surface area (Å²) in [5, 5.41) is 0. The van der Waals surface area contributed by atoms with Crippen LogP contribution < -0.4 is 0 Å². The van der Waals surface area contributed by atoms with Crippen molar-refractivity contribution in [1.82, 2.24) is 0 Å². The molecule has 0 saturated heterocycles. The van der Waals surface area contributed by atoms with Crippen LogP contribution in [0.4, 0.5) is 0 Å². The molecule has 21 heavy (non-hydrogen) atoms. The van der Waals surface area contributed by atoms with Crippen LogP contribution in [0.2, 0.25) is 0 Å². The topological polar surface area (TPSA) is 140 Å². The second-order valence-corrected chi connectivity index (χ2v) is 3.29. The predicted octanol–water partition coefficient (Wildman–Crippen LogP) is 0.115. The Balaban J connectivity index is 3.53. The fourth-order valence-electron chi connectivity index (χ4n) is 1.35. The number of amides is 3. The van der Waals surface area contributed by atoms with Gasteiger partial charge in [0, 0.05) is 5.56 Å². The van der Waals surface area contributed by atoms with Gasteiger partial charge in [-0.1, -0.05) is 0 Å². The molecule has 0 saturated carbocycles. The van der Waals surface area contributed by atoms with Crippen LogP contribution in [-0.2, 0) is 14.4 Å². The van der Waals surface area contributed by atoms with E-state index in [1.165, 1.54) is 0 Å². The molecule has 0 N–H and O–H groups in total. The lowest BCUT2D eigenvalue weighted by molar-refractivity contribution is 0.0968. The zero-order valence-electron chi connectivity index (χ0n) is 10.0. The predicted molar refractivity (Wildman–Crippen MR) is 63.8 cm³/mol. The van der Waals surface area contributed by atoms with Gasteiger partial charge in [-0.15, -0.1) is 15.0 Å². The quantitative estimate of drug-likeness (QED) is 0.570. The number of rotatable bonds is 3. The first-order valence-corrected chi connectivity index (χ1v) is 5.05. The number of hydrogen-bond acceptors (Lipinski definition) is 6. The number of isocyanates is 3. The van der Waals surface area contributed by atoms with Crippen molar-refractivity contribution < 1.29 is 28.8 Å². The first-order chi connectivity index (χ1) is 10.0. The lowest BCUT2D eigenvalue weighted by Gasteiger charge is -2.03. The normalized spacial score (nSPS) is 8.57. The average Bonchev–Trinajstić information content (AvgIpc) is 2.47. The van der Waals surface area contributed by atoms with Crippen LogP contribution in [0, 0.1) is 0 Å². The van der Waals surface area contributed by atoms with Crippen LogP contribution in [0.5, 0.6) is 0 Å². The molecule has 0 radical (unpaired) electrons. The number of hydrogen-bond donors (Lipinski definition) is 0. The third-order valence-corrected chi connectivity index (χ3v) is 2.17. The molecule has 102 valence electrons. The van der Waals surface area contributed by atoms with E-state index in [9.17, 15) is 28.8 Å². The Morgan fingerprint density at radius 2 is 1.19 bits per heavy atom. The molecule has 0 heterocycles. The summed E-state index contributed by atoms with van der Waals surface area (Å²) in [6, 6.07) is 2.93. The van der Waals surface area contributed by atoms with Crippen LogP contribution in [0.25, 0.3) is 0 Å². The van der Waals surface area contributed by atoms with Crippen molar-refractivity contribution >= 4 is 36.0 Å². The first kappa shape index (κ1) is 15.4. The highest BCUT2D eigenvalue weighted by atomic mass is 16.2. The molecule has 0 fully saturated rings. The Morgan fingerprint density at radius 1 is 0.714 bits per heavy atom. The average molecular weight is 285 g/mol. The lowest BCUT2D eigenvalue weighted by atomic mass is 10.0. The summed E-state index contributed by atoms with van der Waals surface area (Å²) >= 11 is 0. The van der Waals surface area contributed by atoms with Crippen LogP contribution >= 0.6 is 0 Å². The molecule has 1 rings (SSSR count). The Labute approximate surface area is 115 Å². The largest absolute Gasteiger partial charge is 0.288 e. The minimum atomic E-state index is -1.18. The van der Waals surface area contributed by atoms with Crippen LogP contribution in [-0.4, -0.2) is 36.0 Å². The summed E-state index contributed by atoms with van der Waals surface area (Å²) in [7, 11) is 0. The van der Waals surface area contributed by atoms with E-state index in [1.54, 1.807) is 0 Å². The smallest absolute Gasteiger partial charge is 0.266 e. The SMILES string of the molecule is O=C=NC(=O)c1ccc(C(=O)N=C=O)c(C(=O)N=C=O)c1. The highest BCUT2D eigenvalue weighted by molar-refractivity contribution is 6.11. The van der Waals surface area contributed by atoms with E-state index in [0.29, 0.717) is 0 Å². The maximum absolute atomic E-state index is 11.6. The summed E-state index contributed by atoms with van der Waals surface area (Å²) in [6.45, 7) is 0. The second kappa shape index (κ2) is 7.08. The minimum absolute atomic E-state index is 0.227. The Kier molecular flexibility index (Phi) is 5.20. The van der Waals surface area contributed by atoms with E-state index in [2.05, 4.69) is 15.0 Å². The van der Waals surface area contributed by atoms with Crippen LogP contribution in [0.1, 0.15) is 31.1 Å². The number of aliphatic imine (C=N–C) groups is 3. The molecular formula is C12H3N3O6. The van der Waals surface area contributed by atoms with Gasteiger partial charge in [0.1, 0.15) is 0 Å². The third kappa shape index (κ3) is 3.66. The number of carbonyl (C=O) groups excluding carboxylic acids is 6. The lowest BCUT2D eigenvalue weighted by Crippen LogP contribution is -2.08. The molecule has 9 nitrogen and oxygen atoms in total. The molecule has 0 unspecified atom stereocenters. The first-order valence-electron chi connectivity index (χ1n) is 5.05. The zero-order chi connectivity index (χ0) is 15.8. The van der Waals surface area contributed by atoms with Gasteiger partial charge in [0.15, 0.2) is 0 Å². The van der Waals surface area contributed by atoms with Crippen molar-refractivity contribution in [1.29, 1.82) is 0 Å². The van der Waals surface area contributed by atoms with E-state index >= 15 is 0 Å². The summed E-state index contributed by atoms with van der Waals surface area (Å²) in [5.41, 5.74) is -1.09. The van der Waals surface area contributed by atoms with Gasteiger partial charge in [-0.05, 0) is 18.2 Å². The Bertz CT molecular complexity index is 778. The summed E-state index contributed by atoms with van der Waals surface area (Å²) in [6.07, 6.45) is 2.98. The monoisotopic (exact) mass is 285 g/mol. The van der Waals surface area contributed by atoms with Crippen molar-refractivity contribution in [2.24, 2.45) is 15.0 Å². The maximum Gasteiger partial charge on any atom is 0.288 e. The van der Waals surface area contributed by atoms with E-state index in [4.69, 9.17) is 0 Å². The molecule has 3 amide bonds. The van der Waals surface area contributed by atoms with Crippen molar-refractivity contribution in [3.63, 3.8) is 0 Å². The molecule has 0 bridgehead atoms. The van der Waals surface area contributed by atoms with Crippen LogP contribution in [0.15, 0.2) is 33.2 Å². The molecule has 0 atom stereocenters. The third-order valence-electron chi connectivity index (χ3n) is 2.17. The highest BCUT2D eigenvalue weighted by Crippen LogP contribution is 2.15. The van der Waals surface area contributed by atoms with E-state index < -0.39 is 23.3 Å². The fourth-order valence-corrected chi connectivity index (χ4v) is 1.35. The molecule has 0 aliphatic heterocycles. The molecule has 0 aliphatic carbocycles. The van der Waals surface area contributed by atoms with Gasteiger partial charge in [-0.3, -0.25) is 14.4 Å². The molecule has 0 spiro atoms. The summed E-state index contributed by atoms with van der Waals surface area (Å²) in [4.78, 5) is 73.0. The number of carbonyl (C=O) groups is 3. The fraction of sp³-hybridized carbons (Fsp3) is 0. The van der Waals surface area contributed by atoms with Crippen molar-refractivity contribution in [3.8, 4) is 0 Å². The maximum atomic E-state index is 11.6. The standard InChI is InChI=1S/C12H3N3O6/c16-4-13-10(19)7-1-2-8(11(20)14-5-17)9(3-7)12(21)15-6-18/h1-3H. The van der Waals surface area contributed by atoms with Crippen molar-refractivity contribution in [3.05, 3.63) is 34.9 Å². The Morgan fingerprint density at radius 3 is 1.71 bits per heavy atom. The van der Waals surface area contributed by atoms with Gasteiger partial charge in [0.2, 0.25) is 18.2 Å². The zero-order valence-corrected chi connectivity index (χ0v) is 10.0. The molecule has 1 aromatic rings. The van der Waals surface area contributed by atoms with E-state index in [0.717, 1.165) is 36.4 Å². The van der Waals surface area contributed by atoms with Gasteiger partial charge >= 0.3 is 0 Å². The van der Waals surface area contributed by atoms with Gasteiger partial charge in [-0.2, -0.15) is 0 Å². The van der Waals surface area contributed by atoms with Gasteiger partial charge < -0.3 is 0 Å². The summed E-state index contributed by atoms with van der Waals surface area (Å²) < 4.78 is 0. The van der Waals surface area contributed by atoms with Crippen molar-refractivity contribution in [2.45, 2.75) is 0 Å². The van der Waals surface area contributed by atoms with Crippen LogP contribution in [0.3, 0.4) is 0 Å². The van der Waals surface area contributed by atoms with Crippen molar-refractivity contribution in [2.75, 3.05) is 0 Å². The molecule has 9 heteroatoms. The highest BCUT2D eigenvalue weighted by Gasteiger charge is 2.19. The second-order valence-electron chi connectivity index (χ2n) is 3.29. The number of nitrogens with zero attached hydrogens (tertiary/aromatic N) is 3. The van der Waals surface area contributed by atoms with E-state index in [-0.39, 0.29) is 11.1 Å². The minimum Gasteiger partial charge on any atom is -0.266 e.